The van der Waals surface area contributed by atoms with Gasteiger partial charge in [0.25, 0.3) is 0 Å². The monoisotopic (exact) mass is 317 g/mol. The van der Waals surface area contributed by atoms with Crippen molar-refractivity contribution in [2.24, 2.45) is 0 Å². The van der Waals surface area contributed by atoms with Crippen LogP contribution in [-0.4, -0.2) is 28.4 Å². The highest BCUT2D eigenvalue weighted by Gasteiger charge is 2.14. The van der Waals surface area contributed by atoms with E-state index in [1.54, 1.807) is 7.05 Å². The van der Waals surface area contributed by atoms with Crippen LogP contribution < -0.4 is 5.32 Å². The minimum Gasteiger partial charge on any atom is -0.359 e. The number of carbonyl (C=O) groups is 1. The molecule has 0 saturated heterocycles. The van der Waals surface area contributed by atoms with Gasteiger partial charge in [-0.3, -0.25) is 4.79 Å². The Labute approximate surface area is 125 Å². The van der Waals surface area contributed by atoms with Crippen molar-refractivity contribution in [3.8, 4) is 0 Å². The molecular formula is C13H14Cl2FN3O. The summed E-state index contributed by atoms with van der Waals surface area (Å²) in [4.78, 5) is 15.7. The normalized spacial score (nSPS) is 11.0. The maximum Gasteiger partial charge on any atom is 0.221 e. The van der Waals surface area contributed by atoms with E-state index in [1.807, 2.05) is 4.57 Å². The lowest BCUT2D eigenvalue weighted by Crippen LogP contribution is -2.20. The van der Waals surface area contributed by atoms with Crippen LogP contribution in [0.2, 0.25) is 5.02 Å². The molecule has 2 rings (SSSR count). The van der Waals surface area contributed by atoms with Crippen molar-refractivity contribution in [2.75, 3.05) is 12.9 Å². The quantitative estimate of drug-likeness (QED) is 0.862. The second kappa shape index (κ2) is 6.41. The van der Waals surface area contributed by atoms with Crippen LogP contribution in [0.3, 0.4) is 0 Å². The molecule has 1 aromatic heterocycles. The Morgan fingerprint density at radius 1 is 1.50 bits per heavy atom. The molecule has 0 unspecified atom stereocenters. The van der Waals surface area contributed by atoms with E-state index in [9.17, 15) is 9.18 Å². The summed E-state index contributed by atoms with van der Waals surface area (Å²) in [7, 11) is 1.58. The summed E-state index contributed by atoms with van der Waals surface area (Å²) < 4.78 is 15.3. The van der Waals surface area contributed by atoms with Crippen molar-refractivity contribution in [1.29, 1.82) is 0 Å². The molecule has 1 heterocycles. The van der Waals surface area contributed by atoms with Gasteiger partial charge in [-0.2, -0.15) is 0 Å². The largest absolute Gasteiger partial charge is 0.359 e. The van der Waals surface area contributed by atoms with Crippen molar-refractivity contribution < 1.29 is 9.18 Å². The Bertz CT molecular complexity index is 642. The molecule has 20 heavy (non-hydrogen) atoms. The number of nitrogens with one attached hydrogen (secondary N) is 1. The molecule has 1 aromatic carbocycles. The van der Waals surface area contributed by atoms with Crippen LogP contribution in [0.15, 0.2) is 12.1 Å². The summed E-state index contributed by atoms with van der Waals surface area (Å²) in [6, 6.07) is 2.83. The second-order valence-corrected chi connectivity index (χ2v) is 5.08. The Kier molecular flexibility index (Phi) is 4.83. The third kappa shape index (κ3) is 3.04. The number of imidazole rings is 1. The molecule has 0 spiro atoms. The first-order valence-electron chi connectivity index (χ1n) is 6.17. The average Bonchev–Trinajstić information content (AvgIpc) is 2.74. The van der Waals surface area contributed by atoms with Crippen molar-refractivity contribution >= 4 is 40.1 Å². The highest BCUT2D eigenvalue weighted by molar-refractivity contribution is 6.31. The third-order valence-electron chi connectivity index (χ3n) is 3.03. The number of halogens is 3. The molecule has 0 bridgehead atoms. The van der Waals surface area contributed by atoms with Crippen molar-refractivity contribution in [2.45, 2.75) is 19.4 Å². The zero-order valence-corrected chi connectivity index (χ0v) is 12.4. The minimum atomic E-state index is -0.507. The zero-order chi connectivity index (χ0) is 14.7. The lowest BCUT2D eigenvalue weighted by atomic mass is 10.3. The number of amides is 1. The lowest BCUT2D eigenvalue weighted by molar-refractivity contribution is -0.120. The molecule has 0 fully saturated rings. The average molecular weight is 318 g/mol. The number of aromatic nitrogens is 2. The Morgan fingerprint density at radius 3 is 2.90 bits per heavy atom. The van der Waals surface area contributed by atoms with Crippen molar-refractivity contribution in [1.82, 2.24) is 14.9 Å². The molecule has 108 valence electrons. The summed E-state index contributed by atoms with van der Waals surface area (Å²) in [5.41, 5.74) is 1.23. The number of carbonyl (C=O) groups excluding carboxylic acids is 1. The number of hydrogen-bond acceptors (Lipinski definition) is 2. The first-order valence-corrected chi connectivity index (χ1v) is 7.08. The van der Waals surface area contributed by atoms with E-state index in [1.165, 1.54) is 12.1 Å². The van der Waals surface area contributed by atoms with E-state index >= 15 is 0 Å². The van der Waals surface area contributed by atoms with Gasteiger partial charge in [-0.15, -0.1) is 11.6 Å². The lowest BCUT2D eigenvalue weighted by Gasteiger charge is -2.08. The van der Waals surface area contributed by atoms with E-state index in [-0.39, 0.29) is 10.9 Å². The van der Waals surface area contributed by atoms with Gasteiger partial charge in [-0.05, 0) is 6.07 Å². The van der Waals surface area contributed by atoms with Crippen LogP contribution in [0.5, 0.6) is 0 Å². The van der Waals surface area contributed by atoms with Crippen LogP contribution >= 0.6 is 23.2 Å². The van der Waals surface area contributed by atoms with Gasteiger partial charge < -0.3 is 9.88 Å². The molecule has 2 aromatic rings. The fourth-order valence-corrected chi connectivity index (χ4v) is 2.36. The molecule has 7 heteroatoms. The number of nitrogens with zero attached hydrogens (tertiary/aromatic N) is 2. The van der Waals surface area contributed by atoms with Gasteiger partial charge in [0, 0.05) is 38.4 Å². The molecule has 0 aliphatic rings. The van der Waals surface area contributed by atoms with E-state index in [4.69, 9.17) is 23.2 Å². The summed E-state index contributed by atoms with van der Waals surface area (Å²) >= 11 is 11.6. The minimum absolute atomic E-state index is 0.0380. The van der Waals surface area contributed by atoms with Crippen LogP contribution in [0.4, 0.5) is 4.39 Å². The van der Waals surface area contributed by atoms with Gasteiger partial charge >= 0.3 is 0 Å². The Balaban J connectivity index is 2.44. The number of fused-ring (bicyclic) bond motifs is 1. The van der Waals surface area contributed by atoms with Crippen molar-refractivity contribution in [3.63, 3.8) is 0 Å². The zero-order valence-electron chi connectivity index (χ0n) is 10.9. The number of benzene rings is 1. The first-order chi connectivity index (χ1) is 9.56. The van der Waals surface area contributed by atoms with Gasteiger partial charge in [0.15, 0.2) is 0 Å². The number of alkyl halides is 1. The molecule has 4 nitrogen and oxygen atoms in total. The summed E-state index contributed by atoms with van der Waals surface area (Å²) in [6.45, 7) is 0.449. The molecule has 0 aliphatic carbocycles. The van der Waals surface area contributed by atoms with Gasteiger partial charge in [0.05, 0.1) is 16.1 Å². The smallest absolute Gasteiger partial charge is 0.221 e. The fourth-order valence-electron chi connectivity index (χ4n) is 2.03. The van der Waals surface area contributed by atoms with Gasteiger partial charge in [0.1, 0.15) is 11.6 Å². The van der Waals surface area contributed by atoms with E-state index in [0.29, 0.717) is 36.3 Å². The molecule has 1 amide bonds. The van der Waals surface area contributed by atoms with Gasteiger partial charge in [0.2, 0.25) is 5.91 Å². The molecule has 0 atom stereocenters. The SMILES string of the molecule is CNC(=O)CCn1c(CCCl)nc2cc(F)c(Cl)cc21. The summed E-state index contributed by atoms with van der Waals surface area (Å²) in [5, 5.41) is 2.60. The summed E-state index contributed by atoms with van der Waals surface area (Å²) in [5.74, 6) is 0.546. The number of aryl methyl sites for hydroxylation is 2. The summed E-state index contributed by atoms with van der Waals surface area (Å²) in [6.07, 6.45) is 0.857. The maximum absolute atomic E-state index is 13.5. The molecule has 0 saturated carbocycles. The topological polar surface area (TPSA) is 46.9 Å². The third-order valence-corrected chi connectivity index (χ3v) is 3.51. The van der Waals surface area contributed by atoms with Crippen LogP contribution in [-0.2, 0) is 17.8 Å². The molecular weight excluding hydrogens is 304 g/mol. The van der Waals surface area contributed by atoms with Gasteiger partial charge in [-0.1, -0.05) is 11.6 Å². The highest BCUT2D eigenvalue weighted by atomic mass is 35.5. The van der Waals surface area contributed by atoms with E-state index < -0.39 is 5.82 Å². The van der Waals surface area contributed by atoms with Crippen molar-refractivity contribution in [3.05, 3.63) is 28.8 Å². The molecule has 0 radical (unpaired) electrons. The van der Waals surface area contributed by atoms with E-state index in [2.05, 4.69) is 10.3 Å². The number of rotatable bonds is 5. The highest BCUT2D eigenvalue weighted by Crippen LogP contribution is 2.24. The van der Waals surface area contributed by atoms with Crippen LogP contribution in [0.1, 0.15) is 12.2 Å². The first kappa shape index (κ1) is 15.1. The standard InChI is InChI=1S/C13H14Cl2FN3O/c1-17-13(20)3-5-19-11-6-8(15)9(16)7-10(11)18-12(19)2-4-14/h6-7H,2-5H2,1H3,(H,17,20). The predicted molar refractivity (Wildman–Crippen MR) is 77.8 cm³/mol. The number of hydrogen-bond donors (Lipinski definition) is 1. The Hall–Kier alpha value is -1.33. The van der Waals surface area contributed by atoms with Gasteiger partial charge in [-0.25, -0.2) is 9.37 Å². The maximum atomic E-state index is 13.5. The molecule has 0 aliphatic heterocycles. The molecule has 1 N–H and O–H groups in total. The van der Waals surface area contributed by atoms with E-state index in [0.717, 1.165) is 5.82 Å². The van der Waals surface area contributed by atoms with Crippen LogP contribution in [0.25, 0.3) is 11.0 Å². The van der Waals surface area contributed by atoms with Crippen LogP contribution in [0, 0.1) is 5.82 Å². The second-order valence-electron chi connectivity index (χ2n) is 4.30. The fraction of sp³-hybridized carbons (Fsp3) is 0.385. The predicted octanol–water partition coefficient (Wildman–Crippen LogP) is 2.75. The Morgan fingerprint density at radius 2 is 2.25 bits per heavy atom.